The summed E-state index contributed by atoms with van der Waals surface area (Å²) in [6, 6.07) is 7.11. The number of nitrogens with one attached hydrogen (secondary N) is 1. The standard InChI is InChI=1S/C12H14ClF2N/c1-11(8-12(14,15)5-6-16-11)9-3-2-4-10(13)7-9/h2-4,7,16H,5-6,8H2,1H3. The molecule has 0 aromatic heterocycles. The van der Waals surface area contributed by atoms with Gasteiger partial charge in [-0.15, -0.1) is 0 Å². The molecule has 0 bridgehead atoms. The molecule has 1 fully saturated rings. The molecule has 1 atom stereocenters. The lowest BCUT2D eigenvalue weighted by Gasteiger charge is -2.39. The molecule has 1 saturated heterocycles. The lowest BCUT2D eigenvalue weighted by molar-refractivity contribution is -0.0611. The zero-order valence-corrected chi connectivity index (χ0v) is 9.82. The van der Waals surface area contributed by atoms with Gasteiger partial charge in [0, 0.05) is 29.9 Å². The molecule has 88 valence electrons. The van der Waals surface area contributed by atoms with Crippen molar-refractivity contribution in [3.8, 4) is 0 Å². The predicted octanol–water partition coefficient (Wildman–Crippen LogP) is 3.57. The number of hydrogen-bond donors (Lipinski definition) is 1. The van der Waals surface area contributed by atoms with Crippen molar-refractivity contribution in [3.05, 3.63) is 34.9 Å². The van der Waals surface area contributed by atoms with Gasteiger partial charge in [-0.2, -0.15) is 0 Å². The Bertz CT molecular complexity index is 394. The van der Waals surface area contributed by atoms with Crippen molar-refractivity contribution in [2.75, 3.05) is 6.54 Å². The molecule has 0 radical (unpaired) electrons. The van der Waals surface area contributed by atoms with Crippen LogP contribution in [-0.2, 0) is 5.54 Å². The van der Waals surface area contributed by atoms with E-state index < -0.39 is 11.5 Å². The summed E-state index contributed by atoms with van der Waals surface area (Å²) in [6.07, 6.45) is -0.274. The fourth-order valence-corrected chi connectivity index (χ4v) is 2.42. The molecule has 1 nitrogen and oxygen atoms in total. The second-order valence-corrected chi connectivity index (χ2v) is 4.99. The summed E-state index contributed by atoms with van der Waals surface area (Å²) in [4.78, 5) is 0. The van der Waals surface area contributed by atoms with Gasteiger partial charge < -0.3 is 5.32 Å². The largest absolute Gasteiger partial charge is 0.307 e. The van der Waals surface area contributed by atoms with Gasteiger partial charge in [0.2, 0.25) is 0 Å². The summed E-state index contributed by atoms with van der Waals surface area (Å²) < 4.78 is 26.8. The van der Waals surface area contributed by atoms with Gasteiger partial charge in [-0.05, 0) is 24.6 Å². The van der Waals surface area contributed by atoms with Crippen molar-refractivity contribution in [2.24, 2.45) is 0 Å². The Hall–Kier alpha value is -0.670. The van der Waals surface area contributed by atoms with E-state index in [0.717, 1.165) is 5.56 Å². The van der Waals surface area contributed by atoms with Gasteiger partial charge in [-0.1, -0.05) is 23.7 Å². The second-order valence-electron chi connectivity index (χ2n) is 4.55. The molecule has 4 heteroatoms. The maximum Gasteiger partial charge on any atom is 0.251 e. The van der Waals surface area contributed by atoms with E-state index in [1.807, 2.05) is 6.07 Å². The van der Waals surface area contributed by atoms with E-state index in [-0.39, 0.29) is 12.8 Å². The zero-order chi connectivity index (χ0) is 11.8. The van der Waals surface area contributed by atoms with Gasteiger partial charge in [0.05, 0.1) is 0 Å². The Kier molecular flexibility index (Phi) is 2.93. The third-order valence-corrected chi connectivity index (χ3v) is 3.31. The highest BCUT2D eigenvalue weighted by molar-refractivity contribution is 6.30. The van der Waals surface area contributed by atoms with Crippen LogP contribution >= 0.6 is 11.6 Å². The number of alkyl halides is 2. The number of rotatable bonds is 1. The first kappa shape index (κ1) is 11.8. The molecule has 2 rings (SSSR count). The van der Waals surface area contributed by atoms with E-state index in [4.69, 9.17) is 11.6 Å². The number of piperidine rings is 1. The number of halogens is 3. The lowest BCUT2D eigenvalue weighted by Crippen LogP contribution is -2.50. The zero-order valence-electron chi connectivity index (χ0n) is 9.06. The van der Waals surface area contributed by atoms with E-state index in [0.29, 0.717) is 11.6 Å². The normalized spacial score (nSPS) is 29.0. The highest BCUT2D eigenvalue weighted by atomic mass is 35.5. The molecule has 1 unspecified atom stereocenters. The molecule has 1 heterocycles. The average molecular weight is 246 g/mol. The van der Waals surface area contributed by atoms with Crippen molar-refractivity contribution in [2.45, 2.75) is 31.2 Å². The van der Waals surface area contributed by atoms with Crippen LogP contribution in [0.5, 0.6) is 0 Å². The van der Waals surface area contributed by atoms with Crippen LogP contribution < -0.4 is 5.32 Å². The quantitative estimate of drug-likeness (QED) is 0.798. The molecule has 1 aliphatic heterocycles. The lowest BCUT2D eigenvalue weighted by atomic mass is 9.82. The maximum absolute atomic E-state index is 13.4. The van der Waals surface area contributed by atoms with Gasteiger partial charge in [0.15, 0.2) is 0 Å². The van der Waals surface area contributed by atoms with Crippen LogP contribution in [-0.4, -0.2) is 12.5 Å². The van der Waals surface area contributed by atoms with Crippen LogP contribution in [0.4, 0.5) is 8.78 Å². The summed E-state index contributed by atoms with van der Waals surface area (Å²) >= 11 is 5.88. The van der Waals surface area contributed by atoms with Gasteiger partial charge >= 0.3 is 0 Å². The average Bonchev–Trinajstić information content (AvgIpc) is 2.15. The van der Waals surface area contributed by atoms with E-state index in [1.165, 1.54) is 0 Å². The number of hydrogen-bond acceptors (Lipinski definition) is 1. The minimum Gasteiger partial charge on any atom is -0.307 e. The summed E-state index contributed by atoms with van der Waals surface area (Å²) in [5.41, 5.74) is 0.131. The molecule has 0 amide bonds. The SMILES string of the molecule is CC1(c2cccc(Cl)c2)CC(F)(F)CCN1. The van der Waals surface area contributed by atoms with Crippen molar-refractivity contribution in [1.82, 2.24) is 5.32 Å². The van der Waals surface area contributed by atoms with E-state index >= 15 is 0 Å². The first-order valence-electron chi connectivity index (χ1n) is 5.30. The Balaban J connectivity index is 2.31. The smallest absolute Gasteiger partial charge is 0.251 e. The molecular formula is C12H14ClF2N. The fourth-order valence-electron chi connectivity index (χ4n) is 2.23. The summed E-state index contributed by atoms with van der Waals surface area (Å²) in [5, 5.41) is 3.73. The maximum atomic E-state index is 13.4. The minimum absolute atomic E-state index is 0.0941. The Morgan fingerprint density at radius 3 is 2.75 bits per heavy atom. The fraction of sp³-hybridized carbons (Fsp3) is 0.500. The van der Waals surface area contributed by atoms with Crippen LogP contribution in [0.3, 0.4) is 0 Å². The highest BCUT2D eigenvalue weighted by Gasteiger charge is 2.43. The van der Waals surface area contributed by atoms with Gasteiger partial charge in [0.1, 0.15) is 0 Å². The summed E-state index contributed by atoms with van der Waals surface area (Å²) in [6.45, 7) is 2.13. The third-order valence-electron chi connectivity index (χ3n) is 3.08. The minimum atomic E-state index is -2.59. The first-order chi connectivity index (χ1) is 7.41. The highest BCUT2D eigenvalue weighted by Crippen LogP contribution is 2.39. The Morgan fingerprint density at radius 2 is 2.12 bits per heavy atom. The van der Waals surface area contributed by atoms with Crippen molar-refractivity contribution >= 4 is 11.6 Å². The van der Waals surface area contributed by atoms with Crippen molar-refractivity contribution in [1.29, 1.82) is 0 Å². The van der Waals surface area contributed by atoms with Crippen molar-refractivity contribution < 1.29 is 8.78 Å². The summed E-state index contributed by atoms with van der Waals surface area (Å²) in [7, 11) is 0. The van der Waals surface area contributed by atoms with Crippen LogP contribution in [0.25, 0.3) is 0 Å². The second kappa shape index (κ2) is 3.97. The monoisotopic (exact) mass is 245 g/mol. The van der Waals surface area contributed by atoms with Gasteiger partial charge in [-0.25, -0.2) is 8.78 Å². The van der Waals surface area contributed by atoms with E-state index in [9.17, 15) is 8.78 Å². The van der Waals surface area contributed by atoms with Crippen molar-refractivity contribution in [3.63, 3.8) is 0 Å². The van der Waals surface area contributed by atoms with Crippen LogP contribution in [0, 0.1) is 0 Å². The molecule has 1 aromatic carbocycles. The van der Waals surface area contributed by atoms with Crippen LogP contribution in [0.2, 0.25) is 5.02 Å². The Morgan fingerprint density at radius 1 is 1.38 bits per heavy atom. The molecule has 1 aliphatic rings. The molecule has 0 saturated carbocycles. The molecular weight excluding hydrogens is 232 g/mol. The van der Waals surface area contributed by atoms with E-state index in [2.05, 4.69) is 5.32 Å². The summed E-state index contributed by atoms with van der Waals surface area (Å²) in [5.74, 6) is -2.59. The van der Waals surface area contributed by atoms with E-state index in [1.54, 1.807) is 25.1 Å². The molecule has 1 aromatic rings. The Labute approximate surface area is 98.8 Å². The molecule has 0 aliphatic carbocycles. The first-order valence-corrected chi connectivity index (χ1v) is 5.68. The van der Waals surface area contributed by atoms with Crippen LogP contribution in [0.15, 0.2) is 24.3 Å². The molecule has 0 spiro atoms. The van der Waals surface area contributed by atoms with Gasteiger partial charge in [0.25, 0.3) is 5.92 Å². The molecule has 1 N–H and O–H groups in total. The molecule has 16 heavy (non-hydrogen) atoms. The predicted molar refractivity (Wildman–Crippen MR) is 61.0 cm³/mol. The third kappa shape index (κ3) is 2.36. The van der Waals surface area contributed by atoms with Crippen LogP contribution in [0.1, 0.15) is 25.3 Å². The number of benzene rings is 1. The van der Waals surface area contributed by atoms with Gasteiger partial charge in [-0.3, -0.25) is 0 Å². The topological polar surface area (TPSA) is 12.0 Å².